The van der Waals surface area contributed by atoms with Gasteiger partial charge in [-0.15, -0.1) is 0 Å². The number of carbonyl (C=O) groups excluding carboxylic acids is 1. The summed E-state index contributed by atoms with van der Waals surface area (Å²) in [6.45, 7) is 16.8. The summed E-state index contributed by atoms with van der Waals surface area (Å²) in [5.74, 6) is 4.62. The number of aliphatic hydroxyl groups excluding tert-OH is 3. The van der Waals surface area contributed by atoms with Crippen molar-refractivity contribution in [1.29, 1.82) is 0 Å². The number of ether oxygens (including phenoxy) is 3. The zero-order valence-electron chi connectivity index (χ0n) is 41.0. The quantitative estimate of drug-likeness (QED) is 0.0429. The van der Waals surface area contributed by atoms with E-state index in [1.54, 1.807) is 0 Å². The minimum Gasteiger partial charge on any atom is -0.463 e. The summed E-state index contributed by atoms with van der Waals surface area (Å²) in [6, 6.07) is 0. The topological polar surface area (TPSA) is 105 Å². The number of unbranched alkanes of at least 4 members (excludes halogenated alkanes) is 16. The molecule has 0 aromatic rings. The third kappa shape index (κ3) is 13.7. The summed E-state index contributed by atoms with van der Waals surface area (Å²) in [5, 5.41) is 32.6. The van der Waals surface area contributed by atoms with Gasteiger partial charge in [0, 0.05) is 6.42 Å². The van der Waals surface area contributed by atoms with Crippen LogP contribution in [0.4, 0.5) is 0 Å². The first-order chi connectivity index (χ1) is 29.8. The van der Waals surface area contributed by atoms with Gasteiger partial charge >= 0.3 is 5.97 Å². The van der Waals surface area contributed by atoms with Crippen LogP contribution in [-0.4, -0.2) is 64.7 Å². The molecule has 1 heterocycles. The van der Waals surface area contributed by atoms with E-state index in [1.807, 2.05) is 0 Å². The Balaban J connectivity index is 0.992. The van der Waals surface area contributed by atoms with E-state index in [0.717, 1.165) is 62.7 Å². The first-order valence-electron chi connectivity index (χ1n) is 26.7. The van der Waals surface area contributed by atoms with Gasteiger partial charge in [-0.3, -0.25) is 4.79 Å². The molecule has 358 valence electrons. The molecule has 4 fully saturated rings. The predicted molar refractivity (Wildman–Crippen MR) is 253 cm³/mol. The Bertz CT molecular complexity index is 1360. The number of hydrogen-bond acceptors (Lipinski definition) is 7. The fourth-order valence-electron chi connectivity index (χ4n) is 13.5. The van der Waals surface area contributed by atoms with Crippen LogP contribution in [0.2, 0.25) is 0 Å². The fourth-order valence-corrected chi connectivity index (χ4v) is 13.5. The van der Waals surface area contributed by atoms with Crippen molar-refractivity contribution in [3.05, 3.63) is 23.8 Å². The van der Waals surface area contributed by atoms with Crippen LogP contribution < -0.4 is 0 Å². The molecule has 14 atom stereocenters. The van der Waals surface area contributed by atoms with Crippen molar-refractivity contribution in [3.63, 3.8) is 0 Å². The lowest BCUT2D eigenvalue weighted by Gasteiger charge is -2.58. The highest BCUT2D eigenvalue weighted by Gasteiger charge is 2.59. The molecule has 1 aliphatic heterocycles. The van der Waals surface area contributed by atoms with E-state index in [1.165, 1.54) is 128 Å². The van der Waals surface area contributed by atoms with Crippen LogP contribution in [-0.2, 0) is 19.0 Å². The van der Waals surface area contributed by atoms with Crippen LogP contribution in [0.25, 0.3) is 0 Å². The molecular formula is C55H96O7. The Morgan fingerprint density at radius 1 is 0.758 bits per heavy atom. The summed E-state index contributed by atoms with van der Waals surface area (Å²) in [4.78, 5) is 12.7. The lowest BCUT2D eigenvalue weighted by Crippen LogP contribution is -2.60. The number of aliphatic hydroxyl groups is 3. The van der Waals surface area contributed by atoms with Crippen LogP contribution in [0.1, 0.15) is 222 Å². The van der Waals surface area contributed by atoms with Gasteiger partial charge in [0.15, 0.2) is 6.29 Å². The Morgan fingerprint density at radius 3 is 1.97 bits per heavy atom. The highest BCUT2D eigenvalue weighted by atomic mass is 16.7. The Kier molecular flexibility index (Phi) is 21.4. The van der Waals surface area contributed by atoms with E-state index in [2.05, 4.69) is 66.7 Å². The molecule has 3 saturated carbocycles. The number of allylic oxidation sites excluding steroid dienone is 3. The fraction of sp³-hybridized carbons (Fsp3) is 0.909. The Morgan fingerprint density at radius 2 is 1.37 bits per heavy atom. The molecule has 0 bridgehead atoms. The van der Waals surface area contributed by atoms with E-state index in [9.17, 15) is 20.1 Å². The smallest absolute Gasteiger partial charge is 0.305 e. The predicted octanol–water partition coefficient (Wildman–Crippen LogP) is 13.2. The Labute approximate surface area is 380 Å². The highest BCUT2D eigenvalue weighted by molar-refractivity contribution is 5.69. The third-order valence-corrected chi connectivity index (χ3v) is 17.6. The van der Waals surface area contributed by atoms with Crippen molar-refractivity contribution in [2.45, 2.75) is 259 Å². The second-order valence-corrected chi connectivity index (χ2v) is 22.2. The first kappa shape index (κ1) is 51.7. The minimum atomic E-state index is -1.45. The second kappa shape index (κ2) is 25.6. The van der Waals surface area contributed by atoms with Crippen LogP contribution in [0.3, 0.4) is 0 Å². The molecule has 7 nitrogen and oxygen atoms in total. The average Bonchev–Trinajstić information content (AvgIpc) is 3.62. The van der Waals surface area contributed by atoms with Gasteiger partial charge in [0.05, 0.1) is 6.10 Å². The van der Waals surface area contributed by atoms with Crippen LogP contribution in [0.15, 0.2) is 23.8 Å². The molecule has 0 aromatic carbocycles. The SMILES string of the molecule is CCCCCCCCCCCCCCCCCCCC(=O)OC[C@H]1O[C@@H](O[C@H]2CC[C@@]3(C)C(=CC[C@H]4[C@@H]5CC[C@H]([C@H](C)/C=C/[C@@H](CC)C(C)C)[C@@]5(C)CC[C@@H]43)C2)[C@H](O)[C@@H](O)[C@@H]1O. The first-order valence-corrected chi connectivity index (χ1v) is 26.7. The lowest BCUT2D eigenvalue weighted by atomic mass is 9.47. The summed E-state index contributed by atoms with van der Waals surface area (Å²) >= 11 is 0. The summed E-state index contributed by atoms with van der Waals surface area (Å²) in [7, 11) is 0. The van der Waals surface area contributed by atoms with Crippen molar-refractivity contribution in [2.75, 3.05) is 6.61 Å². The maximum absolute atomic E-state index is 12.7. The molecule has 0 unspecified atom stereocenters. The monoisotopic (exact) mass is 869 g/mol. The average molecular weight is 869 g/mol. The highest BCUT2D eigenvalue weighted by Crippen LogP contribution is 2.67. The van der Waals surface area contributed by atoms with Crippen molar-refractivity contribution in [2.24, 2.45) is 52.3 Å². The normalized spacial score (nSPS) is 35.6. The largest absolute Gasteiger partial charge is 0.463 e. The van der Waals surface area contributed by atoms with Gasteiger partial charge in [-0.1, -0.05) is 175 Å². The molecule has 0 spiro atoms. The molecule has 0 radical (unpaired) electrons. The zero-order valence-corrected chi connectivity index (χ0v) is 41.0. The van der Waals surface area contributed by atoms with Gasteiger partial charge in [0.25, 0.3) is 0 Å². The van der Waals surface area contributed by atoms with E-state index in [0.29, 0.717) is 35.5 Å². The molecule has 5 rings (SSSR count). The van der Waals surface area contributed by atoms with Crippen molar-refractivity contribution in [3.8, 4) is 0 Å². The molecule has 62 heavy (non-hydrogen) atoms. The van der Waals surface area contributed by atoms with Crippen LogP contribution >= 0.6 is 0 Å². The van der Waals surface area contributed by atoms with Crippen LogP contribution in [0.5, 0.6) is 0 Å². The van der Waals surface area contributed by atoms with Gasteiger partial charge in [-0.05, 0) is 116 Å². The maximum Gasteiger partial charge on any atom is 0.305 e. The van der Waals surface area contributed by atoms with E-state index in [4.69, 9.17) is 14.2 Å². The van der Waals surface area contributed by atoms with Crippen molar-refractivity contribution < 1.29 is 34.3 Å². The van der Waals surface area contributed by atoms with E-state index < -0.39 is 30.7 Å². The standard InChI is InChI=1S/C55H96O7/c1-8-10-11-12-13-14-15-16-17-18-19-20-21-22-23-24-25-26-49(56)60-38-48-50(57)51(58)52(59)53(62-48)61-43-33-35-54(6)42(37-43)29-30-44-46-32-31-45(55(46,7)36-34-47(44)54)40(5)27-28-41(9-2)39(3)4/h27-29,39-41,43-48,50-53,57-59H,8-26,30-38H2,1-7H3/b28-27+/t40-,41-,43+,44+,45-,46+,47+,48-,50-,51+,52-,53-,54+,55-/m1/s1. The van der Waals surface area contributed by atoms with Crippen molar-refractivity contribution in [1.82, 2.24) is 0 Å². The molecule has 0 amide bonds. The summed E-state index contributed by atoms with van der Waals surface area (Å²) < 4.78 is 18.1. The molecule has 3 N–H and O–H groups in total. The van der Waals surface area contributed by atoms with Crippen molar-refractivity contribution >= 4 is 5.97 Å². The molecule has 4 aliphatic carbocycles. The minimum absolute atomic E-state index is 0.147. The lowest BCUT2D eigenvalue weighted by molar-refractivity contribution is -0.313. The Hall–Kier alpha value is -1.25. The zero-order chi connectivity index (χ0) is 44.7. The van der Waals surface area contributed by atoms with E-state index in [-0.39, 0.29) is 24.1 Å². The maximum atomic E-state index is 12.7. The molecular weight excluding hydrogens is 773 g/mol. The van der Waals surface area contributed by atoms with Gasteiger partial charge in [-0.2, -0.15) is 0 Å². The number of fused-ring (bicyclic) bond motifs is 5. The molecule has 5 aliphatic rings. The van der Waals surface area contributed by atoms with E-state index >= 15 is 0 Å². The molecule has 0 aromatic heterocycles. The second-order valence-electron chi connectivity index (χ2n) is 22.2. The number of rotatable bonds is 27. The van der Waals surface area contributed by atoms with Gasteiger partial charge in [0.2, 0.25) is 0 Å². The third-order valence-electron chi connectivity index (χ3n) is 17.6. The van der Waals surface area contributed by atoms with Gasteiger partial charge in [-0.25, -0.2) is 0 Å². The molecule has 1 saturated heterocycles. The van der Waals surface area contributed by atoms with Gasteiger partial charge < -0.3 is 29.5 Å². The van der Waals surface area contributed by atoms with Crippen LogP contribution in [0, 0.1) is 52.3 Å². The number of esters is 1. The number of hydrogen-bond donors (Lipinski definition) is 3. The molecule has 7 heteroatoms. The summed E-state index contributed by atoms with van der Waals surface area (Å²) in [5.41, 5.74) is 2.05. The van der Waals surface area contributed by atoms with Gasteiger partial charge in [0.1, 0.15) is 31.0 Å². The number of carbonyl (C=O) groups is 1. The summed E-state index contributed by atoms with van der Waals surface area (Å²) in [6.07, 6.45) is 33.9.